The second-order valence-corrected chi connectivity index (χ2v) is 6.91. The van der Waals surface area contributed by atoms with Crippen molar-refractivity contribution in [3.63, 3.8) is 0 Å². The number of esters is 1. The molecule has 0 spiro atoms. The first-order chi connectivity index (χ1) is 12.8. The lowest BCUT2D eigenvalue weighted by atomic mass is 9.81. The molecule has 1 atom stereocenters. The quantitative estimate of drug-likeness (QED) is 0.687. The monoisotopic (exact) mass is 341 g/mol. The molecule has 2 aromatic carbocycles. The molecule has 0 saturated carbocycles. The number of hydrogen-bond donors (Lipinski definition) is 1. The van der Waals surface area contributed by atoms with E-state index in [0.717, 1.165) is 18.5 Å². The average Bonchev–Trinajstić information content (AvgIpc) is 3.24. The number of allylic oxidation sites excluding steroid dienone is 1. The fraction of sp³-hybridized carbons (Fsp3) is 0.174. The van der Waals surface area contributed by atoms with Crippen LogP contribution in [0.1, 0.15) is 50.8 Å². The molecule has 5 rings (SSSR count). The van der Waals surface area contributed by atoms with Crippen molar-refractivity contribution in [3.05, 3.63) is 99.9 Å². The lowest BCUT2D eigenvalue weighted by Crippen LogP contribution is -2.08. The number of H-pyrrole nitrogens is 1. The fourth-order valence-electron chi connectivity index (χ4n) is 4.47. The second-order valence-electron chi connectivity index (χ2n) is 6.91. The number of methoxy groups -OCH3 is 1. The van der Waals surface area contributed by atoms with Crippen LogP contribution in [0.5, 0.6) is 0 Å². The van der Waals surface area contributed by atoms with Crippen molar-refractivity contribution in [3.8, 4) is 0 Å². The van der Waals surface area contributed by atoms with Crippen LogP contribution in [-0.2, 0) is 11.2 Å². The molecule has 26 heavy (non-hydrogen) atoms. The highest BCUT2D eigenvalue weighted by Gasteiger charge is 2.37. The average molecular weight is 341 g/mol. The molecule has 0 saturated heterocycles. The lowest BCUT2D eigenvalue weighted by molar-refractivity contribution is 0.0594. The van der Waals surface area contributed by atoms with Gasteiger partial charge < -0.3 is 9.72 Å². The Balaban J connectivity index is 1.76. The first kappa shape index (κ1) is 15.2. The van der Waals surface area contributed by atoms with Gasteiger partial charge in [0, 0.05) is 11.5 Å². The molecule has 128 valence electrons. The maximum absolute atomic E-state index is 12.1. The second kappa shape index (κ2) is 5.73. The summed E-state index contributed by atoms with van der Waals surface area (Å²) in [6.07, 6.45) is 2.11. The van der Waals surface area contributed by atoms with Crippen molar-refractivity contribution in [2.24, 2.45) is 0 Å². The molecule has 3 aromatic rings. The van der Waals surface area contributed by atoms with Gasteiger partial charge in [-0.25, -0.2) is 4.79 Å². The summed E-state index contributed by atoms with van der Waals surface area (Å²) >= 11 is 0. The van der Waals surface area contributed by atoms with Gasteiger partial charge >= 0.3 is 5.97 Å². The predicted molar refractivity (Wildman–Crippen MR) is 101 cm³/mol. The zero-order valence-electron chi connectivity index (χ0n) is 14.6. The van der Waals surface area contributed by atoms with Crippen LogP contribution in [0.3, 0.4) is 0 Å². The van der Waals surface area contributed by atoms with Crippen molar-refractivity contribution in [1.29, 1.82) is 0 Å². The number of aryl methyl sites for hydroxylation is 1. The van der Waals surface area contributed by atoms with Gasteiger partial charge in [0.2, 0.25) is 0 Å². The molecule has 2 aliphatic carbocycles. The van der Waals surface area contributed by atoms with E-state index in [9.17, 15) is 4.79 Å². The van der Waals surface area contributed by atoms with Crippen LogP contribution >= 0.6 is 0 Å². The van der Waals surface area contributed by atoms with Crippen LogP contribution in [0.4, 0.5) is 0 Å². The maximum Gasteiger partial charge on any atom is 0.354 e. The van der Waals surface area contributed by atoms with Gasteiger partial charge in [0.25, 0.3) is 0 Å². The zero-order chi connectivity index (χ0) is 17.7. The molecule has 2 aliphatic rings. The van der Waals surface area contributed by atoms with Gasteiger partial charge in [-0.15, -0.1) is 0 Å². The summed E-state index contributed by atoms with van der Waals surface area (Å²) in [7, 11) is 1.42. The number of carbonyl (C=O) groups is 1. The van der Waals surface area contributed by atoms with Crippen LogP contribution in [0.25, 0.3) is 5.57 Å². The summed E-state index contributed by atoms with van der Waals surface area (Å²) in [6.45, 7) is 0. The minimum absolute atomic E-state index is 0.198. The number of aromatic nitrogens is 1. The summed E-state index contributed by atoms with van der Waals surface area (Å²) in [6, 6.07) is 21.1. The third kappa shape index (κ3) is 2.10. The van der Waals surface area contributed by atoms with Crippen LogP contribution in [0.2, 0.25) is 0 Å². The van der Waals surface area contributed by atoms with Crippen LogP contribution < -0.4 is 0 Å². The van der Waals surface area contributed by atoms with Crippen molar-refractivity contribution >= 4 is 11.5 Å². The Morgan fingerprint density at radius 2 is 1.81 bits per heavy atom. The number of rotatable bonds is 2. The lowest BCUT2D eigenvalue weighted by Gasteiger charge is -2.23. The molecular weight excluding hydrogens is 322 g/mol. The summed E-state index contributed by atoms with van der Waals surface area (Å²) < 4.78 is 4.93. The van der Waals surface area contributed by atoms with Gasteiger partial charge in [-0.2, -0.15) is 0 Å². The van der Waals surface area contributed by atoms with Gasteiger partial charge in [0.15, 0.2) is 0 Å². The van der Waals surface area contributed by atoms with E-state index in [4.69, 9.17) is 4.74 Å². The van der Waals surface area contributed by atoms with E-state index in [2.05, 4.69) is 53.5 Å². The highest BCUT2D eigenvalue weighted by Crippen LogP contribution is 2.52. The van der Waals surface area contributed by atoms with Crippen molar-refractivity contribution < 1.29 is 9.53 Å². The molecule has 1 heterocycles. The number of aromatic amines is 1. The normalized spacial score (nSPS) is 17.5. The first-order valence-electron chi connectivity index (χ1n) is 8.96. The van der Waals surface area contributed by atoms with E-state index in [1.807, 2.05) is 12.1 Å². The Bertz CT molecular complexity index is 1040. The predicted octanol–water partition coefficient (Wildman–Crippen LogP) is 4.69. The van der Waals surface area contributed by atoms with Crippen LogP contribution in [0.15, 0.2) is 66.2 Å². The first-order valence-corrected chi connectivity index (χ1v) is 8.96. The summed E-state index contributed by atoms with van der Waals surface area (Å²) in [4.78, 5) is 15.5. The van der Waals surface area contributed by atoms with E-state index in [1.165, 1.54) is 40.5 Å². The van der Waals surface area contributed by atoms with Crippen LogP contribution in [0, 0.1) is 0 Å². The molecule has 3 heteroatoms. The van der Waals surface area contributed by atoms with Gasteiger partial charge in [0.05, 0.1) is 12.8 Å². The van der Waals surface area contributed by atoms with Gasteiger partial charge in [0.1, 0.15) is 5.69 Å². The molecule has 0 aliphatic heterocycles. The molecule has 0 unspecified atom stereocenters. The Hall–Kier alpha value is -3.07. The molecule has 0 amide bonds. The molecule has 0 bridgehead atoms. The van der Waals surface area contributed by atoms with E-state index >= 15 is 0 Å². The Morgan fingerprint density at radius 3 is 2.62 bits per heavy atom. The zero-order valence-corrected chi connectivity index (χ0v) is 14.6. The molecular formula is C23H19NO2. The highest BCUT2D eigenvalue weighted by molar-refractivity contribution is 5.95. The number of carbonyl (C=O) groups excluding carboxylic acids is 1. The third-order valence-electron chi connectivity index (χ3n) is 5.57. The van der Waals surface area contributed by atoms with Crippen molar-refractivity contribution in [2.45, 2.75) is 18.8 Å². The molecule has 3 nitrogen and oxygen atoms in total. The molecule has 1 aromatic heterocycles. The van der Waals surface area contributed by atoms with Gasteiger partial charge in [-0.3, -0.25) is 0 Å². The van der Waals surface area contributed by atoms with Gasteiger partial charge in [-0.05, 0) is 46.7 Å². The van der Waals surface area contributed by atoms with Crippen molar-refractivity contribution in [2.75, 3.05) is 7.11 Å². The van der Waals surface area contributed by atoms with E-state index < -0.39 is 0 Å². The Morgan fingerprint density at radius 1 is 1.04 bits per heavy atom. The number of nitrogens with one attached hydrogen (secondary N) is 1. The van der Waals surface area contributed by atoms with Gasteiger partial charge in [-0.1, -0.05) is 54.6 Å². The smallest absolute Gasteiger partial charge is 0.354 e. The topological polar surface area (TPSA) is 42.1 Å². The number of fused-ring (bicyclic) bond motifs is 4. The number of ether oxygens (including phenoxy) is 1. The largest absolute Gasteiger partial charge is 0.464 e. The fourth-order valence-corrected chi connectivity index (χ4v) is 4.47. The van der Waals surface area contributed by atoms with E-state index in [0.29, 0.717) is 5.69 Å². The molecule has 1 N–H and O–H groups in total. The maximum atomic E-state index is 12.1. The Kier molecular flexibility index (Phi) is 3.35. The summed E-state index contributed by atoms with van der Waals surface area (Å²) in [5.74, 6) is -0.123. The Labute approximate surface area is 152 Å². The molecule has 0 radical (unpaired) electrons. The summed E-state index contributed by atoms with van der Waals surface area (Å²) in [5, 5.41) is 0. The SMILES string of the molecule is COC(=O)c1cc2c([nH]1)C1=C(CCc3ccccc31)[C@H]2c1ccccc1. The number of hydrogen-bond acceptors (Lipinski definition) is 2. The third-order valence-corrected chi connectivity index (χ3v) is 5.57. The minimum atomic E-state index is -0.322. The molecule has 0 fully saturated rings. The van der Waals surface area contributed by atoms with E-state index in [1.54, 1.807) is 0 Å². The van der Waals surface area contributed by atoms with Crippen LogP contribution in [-0.4, -0.2) is 18.1 Å². The number of benzene rings is 2. The summed E-state index contributed by atoms with van der Waals surface area (Å²) in [5.41, 5.74) is 9.42. The minimum Gasteiger partial charge on any atom is -0.464 e. The standard InChI is InChI=1S/C23H19NO2/c1-26-23(25)19-13-18-20(15-8-3-2-4-9-15)17-12-11-14-7-5-6-10-16(14)21(17)22(18)24-19/h2-10,13,20,24H,11-12H2,1H3/t20-/m1/s1. The van der Waals surface area contributed by atoms with E-state index in [-0.39, 0.29) is 11.9 Å². The highest BCUT2D eigenvalue weighted by atomic mass is 16.5. The van der Waals surface area contributed by atoms with Crippen molar-refractivity contribution in [1.82, 2.24) is 4.98 Å².